The number of benzene rings is 2. The van der Waals surface area contributed by atoms with Crippen LogP contribution in [0.15, 0.2) is 48.5 Å². The summed E-state index contributed by atoms with van der Waals surface area (Å²) < 4.78 is 0. The first kappa shape index (κ1) is 14.6. The lowest BCUT2D eigenvalue weighted by Crippen LogP contribution is -2.01. The largest absolute Gasteiger partial charge is 0.481 e. The van der Waals surface area contributed by atoms with E-state index in [-0.39, 0.29) is 6.42 Å². The summed E-state index contributed by atoms with van der Waals surface area (Å²) in [4.78, 5) is 10.6. The molecule has 0 aliphatic heterocycles. The Labute approximate surface area is 131 Å². The predicted molar refractivity (Wildman–Crippen MR) is 88.1 cm³/mol. The molecule has 0 bridgehead atoms. The van der Waals surface area contributed by atoms with Crippen molar-refractivity contribution in [3.05, 3.63) is 65.2 Å². The van der Waals surface area contributed by atoms with E-state index < -0.39 is 5.97 Å². The summed E-state index contributed by atoms with van der Waals surface area (Å²) in [5, 5.41) is 12.2. The molecule has 114 valence electrons. The molecule has 0 aromatic heterocycles. The maximum absolute atomic E-state index is 10.6. The van der Waals surface area contributed by atoms with Gasteiger partial charge in [-0.15, -0.1) is 0 Å². The van der Waals surface area contributed by atoms with Gasteiger partial charge < -0.3 is 10.4 Å². The van der Waals surface area contributed by atoms with Crippen molar-refractivity contribution in [1.29, 1.82) is 0 Å². The molecule has 1 aliphatic carbocycles. The van der Waals surface area contributed by atoms with Crippen molar-refractivity contribution in [2.45, 2.75) is 38.1 Å². The normalized spacial score (nSPS) is 13.8. The summed E-state index contributed by atoms with van der Waals surface area (Å²) in [5.41, 5.74) is 4.84. The van der Waals surface area contributed by atoms with Crippen molar-refractivity contribution < 1.29 is 9.90 Å². The zero-order chi connectivity index (χ0) is 15.4. The van der Waals surface area contributed by atoms with Gasteiger partial charge in [-0.25, -0.2) is 0 Å². The van der Waals surface area contributed by atoms with Crippen LogP contribution >= 0.6 is 0 Å². The quantitative estimate of drug-likeness (QED) is 0.805. The van der Waals surface area contributed by atoms with Gasteiger partial charge in [0, 0.05) is 18.7 Å². The smallest absolute Gasteiger partial charge is 0.303 e. The number of nitrogens with one attached hydrogen (secondary N) is 1. The molecule has 3 nitrogen and oxygen atoms in total. The topological polar surface area (TPSA) is 49.3 Å². The molecule has 1 fully saturated rings. The molecule has 0 atom stereocenters. The molecule has 0 radical (unpaired) electrons. The Hall–Kier alpha value is -2.29. The van der Waals surface area contributed by atoms with Crippen molar-refractivity contribution in [1.82, 2.24) is 0 Å². The SMILES string of the molecule is O=C(O)CCc1cccc(NCc2cccc(C3CC3)c2)c1. The number of aliphatic carboxylic acids is 1. The van der Waals surface area contributed by atoms with E-state index in [2.05, 4.69) is 29.6 Å². The van der Waals surface area contributed by atoms with Gasteiger partial charge >= 0.3 is 5.97 Å². The Kier molecular flexibility index (Phi) is 4.42. The van der Waals surface area contributed by atoms with E-state index in [4.69, 9.17) is 5.11 Å². The molecular formula is C19H21NO2. The summed E-state index contributed by atoms with van der Waals surface area (Å²) in [7, 11) is 0. The molecule has 2 aromatic rings. The Balaban J connectivity index is 1.59. The summed E-state index contributed by atoms with van der Waals surface area (Å²) >= 11 is 0. The fraction of sp³-hybridized carbons (Fsp3) is 0.316. The number of carboxylic acid groups (broad SMARTS) is 1. The Morgan fingerprint density at radius 2 is 1.86 bits per heavy atom. The highest BCUT2D eigenvalue weighted by atomic mass is 16.4. The van der Waals surface area contributed by atoms with Gasteiger partial charge in [0.25, 0.3) is 0 Å². The van der Waals surface area contributed by atoms with Crippen LogP contribution in [0.3, 0.4) is 0 Å². The molecule has 0 unspecified atom stereocenters. The second kappa shape index (κ2) is 6.65. The van der Waals surface area contributed by atoms with Crippen LogP contribution < -0.4 is 5.32 Å². The average molecular weight is 295 g/mol. The van der Waals surface area contributed by atoms with Crippen molar-refractivity contribution in [3.8, 4) is 0 Å². The van der Waals surface area contributed by atoms with E-state index >= 15 is 0 Å². The predicted octanol–water partition coefficient (Wildman–Crippen LogP) is 4.19. The zero-order valence-corrected chi connectivity index (χ0v) is 12.6. The molecule has 3 rings (SSSR count). The Morgan fingerprint density at radius 1 is 1.09 bits per heavy atom. The maximum atomic E-state index is 10.6. The van der Waals surface area contributed by atoms with Gasteiger partial charge in [-0.05, 0) is 54.0 Å². The van der Waals surface area contributed by atoms with Crippen LogP contribution in [0.25, 0.3) is 0 Å². The van der Waals surface area contributed by atoms with Crippen LogP contribution in [0, 0.1) is 0 Å². The van der Waals surface area contributed by atoms with Crippen LogP contribution in [0.5, 0.6) is 0 Å². The van der Waals surface area contributed by atoms with E-state index in [0.717, 1.165) is 23.7 Å². The monoisotopic (exact) mass is 295 g/mol. The molecule has 1 saturated carbocycles. The minimum absolute atomic E-state index is 0.173. The first-order valence-electron chi connectivity index (χ1n) is 7.84. The zero-order valence-electron chi connectivity index (χ0n) is 12.6. The van der Waals surface area contributed by atoms with Crippen LogP contribution in [-0.4, -0.2) is 11.1 Å². The van der Waals surface area contributed by atoms with Crippen LogP contribution in [-0.2, 0) is 17.8 Å². The van der Waals surface area contributed by atoms with Gasteiger partial charge in [-0.2, -0.15) is 0 Å². The first-order chi connectivity index (χ1) is 10.7. The summed E-state index contributed by atoms with van der Waals surface area (Å²) in [6.45, 7) is 0.795. The number of carboxylic acids is 1. The number of hydrogen-bond donors (Lipinski definition) is 2. The molecule has 0 heterocycles. The Bertz CT molecular complexity index is 662. The number of rotatable bonds is 7. The minimum Gasteiger partial charge on any atom is -0.481 e. The fourth-order valence-corrected chi connectivity index (χ4v) is 2.67. The van der Waals surface area contributed by atoms with E-state index in [1.807, 2.05) is 24.3 Å². The van der Waals surface area contributed by atoms with Gasteiger partial charge in [0.05, 0.1) is 0 Å². The van der Waals surface area contributed by atoms with E-state index in [1.165, 1.54) is 24.0 Å². The van der Waals surface area contributed by atoms with Crippen molar-refractivity contribution in [2.75, 3.05) is 5.32 Å². The molecule has 3 heteroatoms. The third-order valence-electron chi connectivity index (χ3n) is 4.05. The highest BCUT2D eigenvalue weighted by Gasteiger charge is 2.23. The summed E-state index contributed by atoms with van der Waals surface area (Å²) in [6, 6.07) is 16.8. The lowest BCUT2D eigenvalue weighted by molar-refractivity contribution is -0.136. The molecular weight excluding hydrogens is 274 g/mol. The van der Waals surface area contributed by atoms with Gasteiger partial charge in [0.2, 0.25) is 0 Å². The molecule has 2 N–H and O–H groups in total. The third kappa shape index (κ3) is 4.10. The highest BCUT2D eigenvalue weighted by molar-refractivity contribution is 5.67. The van der Waals surface area contributed by atoms with Crippen LogP contribution in [0.2, 0.25) is 0 Å². The lowest BCUT2D eigenvalue weighted by atomic mass is 10.1. The standard InChI is InChI=1S/C19H21NO2/c21-19(22)10-7-14-3-2-6-18(12-14)20-13-15-4-1-5-17(11-15)16-8-9-16/h1-6,11-12,16,20H,7-10,13H2,(H,21,22). The molecule has 0 spiro atoms. The number of hydrogen-bond acceptors (Lipinski definition) is 2. The van der Waals surface area contributed by atoms with Crippen LogP contribution in [0.1, 0.15) is 41.9 Å². The highest BCUT2D eigenvalue weighted by Crippen LogP contribution is 2.40. The fourth-order valence-electron chi connectivity index (χ4n) is 2.67. The third-order valence-corrected chi connectivity index (χ3v) is 4.05. The van der Waals surface area contributed by atoms with E-state index in [9.17, 15) is 4.79 Å². The van der Waals surface area contributed by atoms with E-state index in [0.29, 0.717) is 6.42 Å². The van der Waals surface area contributed by atoms with Gasteiger partial charge in [-0.3, -0.25) is 4.79 Å². The number of carbonyl (C=O) groups is 1. The van der Waals surface area contributed by atoms with Crippen LogP contribution in [0.4, 0.5) is 5.69 Å². The molecule has 22 heavy (non-hydrogen) atoms. The lowest BCUT2D eigenvalue weighted by Gasteiger charge is -2.09. The van der Waals surface area contributed by atoms with Gasteiger partial charge in [0.15, 0.2) is 0 Å². The van der Waals surface area contributed by atoms with Crippen molar-refractivity contribution in [3.63, 3.8) is 0 Å². The minimum atomic E-state index is -0.754. The maximum Gasteiger partial charge on any atom is 0.303 e. The number of anilines is 1. The second-order valence-corrected chi connectivity index (χ2v) is 5.97. The van der Waals surface area contributed by atoms with E-state index in [1.54, 1.807) is 0 Å². The van der Waals surface area contributed by atoms with Crippen molar-refractivity contribution in [2.24, 2.45) is 0 Å². The van der Waals surface area contributed by atoms with Gasteiger partial charge in [0.1, 0.15) is 0 Å². The molecule has 1 aliphatic rings. The summed E-state index contributed by atoms with van der Waals surface area (Å²) in [5.74, 6) is 0.0227. The van der Waals surface area contributed by atoms with Crippen molar-refractivity contribution >= 4 is 11.7 Å². The van der Waals surface area contributed by atoms with Gasteiger partial charge in [-0.1, -0.05) is 36.4 Å². The second-order valence-electron chi connectivity index (χ2n) is 5.97. The average Bonchev–Trinajstić information content (AvgIpc) is 3.37. The molecule has 0 amide bonds. The molecule has 0 saturated heterocycles. The Morgan fingerprint density at radius 3 is 2.64 bits per heavy atom. The number of aryl methyl sites for hydroxylation is 1. The first-order valence-corrected chi connectivity index (χ1v) is 7.84. The molecule has 2 aromatic carbocycles. The summed E-state index contributed by atoms with van der Waals surface area (Å²) in [6.07, 6.45) is 3.39.